The molecule has 1 aromatic heterocycles. The Bertz CT molecular complexity index is 910. The number of methoxy groups -OCH3 is 1. The number of rotatable bonds is 7. The molecule has 0 atom stereocenters. The van der Waals surface area contributed by atoms with E-state index < -0.39 is 0 Å². The van der Waals surface area contributed by atoms with Crippen LogP contribution in [0.25, 0.3) is 17.1 Å². The molecule has 3 aromatic rings. The Morgan fingerprint density at radius 3 is 2.48 bits per heavy atom. The van der Waals surface area contributed by atoms with Crippen LogP contribution in [0.4, 0.5) is 0 Å². The summed E-state index contributed by atoms with van der Waals surface area (Å²) in [4.78, 5) is 11.8. The molecule has 2 aromatic carbocycles. The number of nitrogens with zero attached hydrogens (tertiary/aromatic N) is 3. The fourth-order valence-electron chi connectivity index (χ4n) is 2.49. The van der Waals surface area contributed by atoms with Gasteiger partial charge >= 0.3 is 0 Å². The van der Waals surface area contributed by atoms with Crippen molar-refractivity contribution < 1.29 is 9.53 Å². The summed E-state index contributed by atoms with van der Waals surface area (Å²) in [7, 11) is 1.63. The summed E-state index contributed by atoms with van der Waals surface area (Å²) in [6.45, 7) is 2.49. The number of halogens is 1. The molecule has 27 heavy (non-hydrogen) atoms. The van der Waals surface area contributed by atoms with Gasteiger partial charge in [-0.2, -0.15) is 0 Å². The van der Waals surface area contributed by atoms with Crippen molar-refractivity contribution in [2.45, 2.75) is 12.1 Å². The van der Waals surface area contributed by atoms with Crippen molar-refractivity contribution in [3.63, 3.8) is 0 Å². The first-order valence-corrected chi connectivity index (χ1v) is 9.74. The van der Waals surface area contributed by atoms with E-state index >= 15 is 0 Å². The number of nitrogens with one attached hydrogen (secondary N) is 1. The Morgan fingerprint density at radius 1 is 1.15 bits per heavy atom. The van der Waals surface area contributed by atoms with Crippen LogP contribution in [0.15, 0.2) is 53.7 Å². The highest BCUT2D eigenvalue weighted by Crippen LogP contribution is 2.29. The highest BCUT2D eigenvalue weighted by molar-refractivity contribution is 7.99. The van der Waals surface area contributed by atoms with E-state index in [-0.39, 0.29) is 11.7 Å². The van der Waals surface area contributed by atoms with Crippen LogP contribution in [0.5, 0.6) is 5.75 Å². The van der Waals surface area contributed by atoms with Gasteiger partial charge in [-0.25, -0.2) is 0 Å². The maximum absolute atomic E-state index is 11.8. The summed E-state index contributed by atoms with van der Waals surface area (Å²) >= 11 is 7.34. The molecule has 0 aliphatic rings. The molecule has 1 heterocycles. The first-order valence-electron chi connectivity index (χ1n) is 8.37. The third kappa shape index (κ3) is 4.61. The predicted molar refractivity (Wildman–Crippen MR) is 108 cm³/mol. The number of benzene rings is 2. The maximum atomic E-state index is 11.8. The van der Waals surface area contributed by atoms with Crippen molar-refractivity contribution in [1.82, 2.24) is 20.1 Å². The normalized spacial score (nSPS) is 10.6. The van der Waals surface area contributed by atoms with E-state index in [1.165, 1.54) is 11.8 Å². The molecule has 0 unspecified atom stereocenters. The van der Waals surface area contributed by atoms with E-state index in [2.05, 4.69) is 15.5 Å². The van der Waals surface area contributed by atoms with Crippen molar-refractivity contribution in [3.8, 4) is 22.8 Å². The van der Waals surface area contributed by atoms with Gasteiger partial charge in [-0.15, -0.1) is 10.2 Å². The van der Waals surface area contributed by atoms with Gasteiger partial charge in [0.25, 0.3) is 0 Å². The minimum atomic E-state index is -0.0418. The van der Waals surface area contributed by atoms with Crippen LogP contribution in [0.1, 0.15) is 6.92 Å². The Kier molecular flexibility index (Phi) is 6.36. The number of carbonyl (C=O) groups is 1. The lowest BCUT2D eigenvalue weighted by atomic mass is 10.2. The lowest BCUT2D eigenvalue weighted by Gasteiger charge is -2.11. The number of thioether (sulfide) groups is 1. The minimum absolute atomic E-state index is 0.0418. The molecule has 0 bridgehead atoms. The number of ether oxygens (including phenoxy) is 1. The summed E-state index contributed by atoms with van der Waals surface area (Å²) in [5, 5.41) is 12.7. The van der Waals surface area contributed by atoms with Crippen molar-refractivity contribution >= 4 is 29.3 Å². The average Bonchev–Trinajstić information content (AvgIpc) is 3.11. The van der Waals surface area contributed by atoms with Crippen molar-refractivity contribution in [1.29, 1.82) is 0 Å². The van der Waals surface area contributed by atoms with Gasteiger partial charge in [0.2, 0.25) is 5.91 Å². The van der Waals surface area contributed by atoms with E-state index in [4.69, 9.17) is 16.3 Å². The van der Waals surface area contributed by atoms with Crippen molar-refractivity contribution in [3.05, 3.63) is 53.6 Å². The molecule has 0 saturated carbocycles. The van der Waals surface area contributed by atoms with Crippen molar-refractivity contribution in [2.24, 2.45) is 0 Å². The molecule has 140 valence electrons. The minimum Gasteiger partial charge on any atom is -0.497 e. The van der Waals surface area contributed by atoms with Gasteiger partial charge in [0.1, 0.15) is 5.75 Å². The third-order valence-electron chi connectivity index (χ3n) is 3.77. The second-order valence-corrected chi connectivity index (χ2v) is 6.97. The Morgan fingerprint density at radius 2 is 1.85 bits per heavy atom. The van der Waals surface area contributed by atoms with Gasteiger partial charge in [0, 0.05) is 22.8 Å². The molecule has 0 aliphatic heterocycles. The Balaban J connectivity index is 2.00. The molecule has 8 heteroatoms. The zero-order chi connectivity index (χ0) is 19.2. The van der Waals surface area contributed by atoms with E-state index in [1.807, 2.05) is 60.0 Å². The molecular formula is C19H19ClN4O2S. The third-order valence-corrected chi connectivity index (χ3v) is 4.95. The van der Waals surface area contributed by atoms with E-state index in [1.54, 1.807) is 7.11 Å². The molecule has 3 rings (SSSR count). The van der Waals surface area contributed by atoms with E-state index in [0.29, 0.717) is 22.5 Å². The molecule has 0 spiro atoms. The van der Waals surface area contributed by atoms with Gasteiger partial charge in [-0.1, -0.05) is 23.4 Å². The highest BCUT2D eigenvalue weighted by atomic mass is 35.5. The largest absolute Gasteiger partial charge is 0.497 e. The smallest absolute Gasteiger partial charge is 0.230 e. The van der Waals surface area contributed by atoms with Crippen molar-refractivity contribution in [2.75, 3.05) is 19.4 Å². The average molecular weight is 403 g/mol. The molecule has 0 aliphatic carbocycles. The van der Waals surface area contributed by atoms with E-state index in [9.17, 15) is 4.79 Å². The molecule has 0 radical (unpaired) electrons. The fraction of sp³-hybridized carbons (Fsp3) is 0.211. The summed E-state index contributed by atoms with van der Waals surface area (Å²) < 4.78 is 7.16. The van der Waals surface area contributed by atoms with Crippen LogP contribution >= 0.6 is 23.4 Å². The molecule has 0 saturated heterocycles. The molecular weight excluding hydrogens is 384 g/mol. The van der Waals surface area contributed by atoms with Crippen LogP contribution in [0.2, 0.25) is 5.02 Å². The number of aromatic nitrogens is 3. The number of hydrogen-bond donors (Lipinski definition) is 1. The van der Waals surface area contributed by atoms with Crippen LogP contribution in [0, 0.1) is 0 Å². The molecule has 6 nitrogen and oxygen atoms in total. The summed E-state index contributed by atoms with van der Waals surface area (Å²) in [6, 6.07) is 15.0. The molecule has 1 amide bonds. The van der Waals surface area contributed by atoms with Crippen LogP contribution in [-0.2, 0) is 4.79 Å². The number of hydrogen-bond acceptors (Lipinski definition) is 5. The highest BCUT2D eigenvalue weighted by Gasteiger charge is 2.17. The van der Waals surface area contributed by atoms with Gasteiger partial charge in [-0.05, 0) is 55.5 Å². The molecule has 1 N–H and O–H groups in total. The maximum Gasteiger partial charge on any atom is 0.230 e. The topological polar surface area (TPSA) is 69.0 Å². The zero-order valence-electron chi connectivity index (χ0n) is 15.0. The monoisotopic (exact) mass is 402 g/mol. The summed E-state index contributed by atoms with van der Waals surface area (Å²) in [5.74, 6) is 1.66. The first-order chi connectivity index (χ1) is 13.1. The number of carbonyl (C=O) groups excluding carboxylic acids is 1. The van der Waals surface area contributed by atoms with Gasteiger partial charge in [0.15, 0.2) is 11.0 Å². The second kappa shape index (κ2) is 8.92. The van der Waals surface area contributed by atoms with Gasteiger partial charge in [0.05, 0.1) is 12.9 Å². The lowest BCUT2D eigenvalue weighted by molar-refractivity contribution is -0.118. The number of amides is 1. The standard InChI is InChI=1S/C19H19ClN4O2S/c1-3-21-17(25)12-27-19-23-22-18(13-4-6-14(20)7-5-13)24(19)15-8-10-16(26-2)11-9-15/h4-11H,3,12H2,1-2H3,(H,21,25). The SMILES string of the molecule is CCNC(=O)CSc1nnc(-c2ccc(Cl)cc2)n1-c1ccc(OC)cc1. The van der Waals surface area contributed by atoms with Gasteiger partial charge < -0.3 is 10.1 Å². The Hall–Kier alpha value is -2.51. The van der Waals surface area contributed by atoms with E-state index in [0.717, 1.165) is 17.0 Å². The van der Waals surface area contributed by atoms with Gasteiger partial charge in [-0.3, -0.25) is 9.36 Å². The van der Waals surface area contributed by atoms with Crippen LogP contribution < -0.4 is 10.1 Å². The Labute approximate surface area is 166 Å². The van der Waals surface area contributed by atoms with Crippen LogP contribution in [0.3, 0.4) is 0 Å². The quantitative estimate of drug-likeness (QED) is 0.608. The second-order valence-electron chi connectivity index (χ2n) is 5.59. The van der Waals surface area contributed by atoms with Crippen LogP contribution in [-0.4, -0.2) is 40.1 Å². The fourth-order valence-corrected chi connectivity index (χ4v) is 3.40. The zero-order valence-corrected chi connectivity index (χ0v) is 16.5. The summed E-state index contributed by atoms with van der Waals surface area (Å²) in [5.41, 5.74) is 1.76. The molecule has 0 fully saturated rings. The lowest BCUT2D eigenvalue weighted by Crippen LogP contribution is -2.24. The predicted octanol–water partition coefficient (Wildman–Crippen LogP) is 3.82. The first kappa shape index (κ1) is 19.3. The summed E-state index contributed by atoms with van der Waals surface area (Å²) in [6.07, 6.45) is 0.